The first-order valence-electron chi connectivity index (χ1n) is 7.09. The highest BCUT2D eigenvalue weighted by Crippen LogP contribution is 2.34. The summed E-state index contributed by atoms with van der Waals surface area (Å²) >= 11 is 0. The number of benzene rings is 1. The van der Waals surface area contributed by atoms with Gasteiger partial charge < -0.3 is 20.1 Å². The van der Waals surface area contributed by atoms with Gasteiger partial charge in [-0.2, -0.15) is 0 Å². The minimum atomic E-state index is 0.0167. The van der Waals surface area contributed by atoms with Crippen LogP contribution in [-0.4, -0.2) is 43.6 Å². The van der Waals surface area contributed by atoms with E-state index in [0.29, 0.717) is 0 Å². The van der Waals surface area contributed by atoms with Crippen molar-refractivity contribution in [2.75, 3.05) is 37.8 Å². The zero-order valence-electron chi connectivity index (χ0n) is 11.3. The molecule has 0 bridgehead atoms. The number of anilines is 1. The van der Waals surface area contributed by atoms with Crippen LogP contribution in [0.1, 0.15) is 18.4 Å². The van der Waals surface area contributed by atoms with Gasteiger partial charge in [-0.15, -0.1) is 0 Å². The van der Waals surface area contributed by atoms with Crippen LogP contribution in [0.2, 0.25) is 0 Å². The van der Waals surface area contributed by atoms with Crippen molar-refractivity contribution in [1.29, 1.82) is 0 Å². The summed E-state index contributed by atoms with van der Waals surface area (Å²) in [6.45, 7) is 4.68. The fourth-order valence-corrected chi connectivity index (χ4v) is 2.48. The molecule has 1 aromatic carbocycles. The second-order valence-corrected chi connectivity index (χ2v) is 5.56. The molecule has 1 aliphatic heterocycles. The molecule has 1 saturated carbocycles. The SMILES string of the molecule is OCC1(NCc2ccc(N3CCOCC3)cc2)CC1. The molecule has 1 aromatic rings. The first kappa shape index (κ1) is 12.9. The van der Waals surface area contributed by atoms with Gasteiger partial charge in [0.1, 0.15) is 0 Å². The number of aliphatic hydroxyl groups is 1. The summed E-state index contributed by atoms with van der Waals surface area (Å²) in [5.41, 5.74) is 2.56. The number of hydrogen-bond donors (Lipinski definition) is 2. The number of rotatable bonds is 5. The first-order valence-corrected chi connectivity index (χ1v) is 7.09. The maximum atomic E-state index is 9.27. The van der Waals surface area contributed by atoms with Crippen molar-refractivity contribution in [3.8, 4) is 0 Å². The Morgan fingerprint density at radius 2 is 1.84 bits per heavy atom. The Bertz CT molecular complexity index is 409. The van der Waals surface area contributed by atoms with E-state index in [-0.39, 0.29) is 12.1 Å². The molecule has 0 radical (unpaired) electrons. The van der Waals surface area contributed by atoms with Crippen LogP contribution >= 0.6 is 0 Å². The van der Waals surface area contributed by atoms with Gasteiger partial charge in [-0.05, 0) is 30.5 Å². The van der Waals surface area contributed by atoms with Gasteiger partial charge in [-0.1, -0.05) is 12.1 Å². The molecule has 4 nitrogen and oxygen atoms in total. The maximum absolute atomic E-state index is 9.27. The summed E-state index contributed by atoms with van der Waals surface area (Å²) in [7, 11) is 0. The van der Waals surface area contributed by atoms with E-state index >= 15 is 0 Å². The predicted octanol–water partition coefficient (Wildman–Crippen LogP) is 1.14. The molecule has 1 aliphatic carbocycles. The zero-order chi connectivity index (χ0) is 13.1. The summed E-state index contributed by atoms with van der Waals surface area (Å²) in [5, 5.41) is 12.7. The molecule has 1 heterocycles. The molecule has 104 valence electrons. The van der Waals surface area contributed by atoms with Gasteiger partial charge in [0.05, 0.1) is 19.8 Å². The van der Waals surface area contributed by atoms with Crippen molar-refractivity contribution in [3.63, 3.8) is 0 Å². The molecule has 19 heavy (non-hydrogen) atoms. The Labute approximate surface area is 114 Å². The molecule has 4 heteroatoms. The second kappa shape index (κ2) is 5.49. The normalized spacial score (nSPS) is 21.4. The van der Waals surface area contributed by atoms with E-state index in [9.17, 15) is 5.11 Å². The van der Waals surface area contributed by atoms with Crippen LogP contribution in [0.3, 0.4) is 0 Å². The number of hydrogen-bond acceptors (Lipinski definition) is 4. The van der Waals surface area contributed by atoms with Gasteiger partial charge >= 0.3 is 0 Å². The topological polar surface area (TPSA) is 44.7 Å². The molecule has 3 rings (SSSR count). The lowest BCUT2D eigenvalue weighted by molar-refractivity contribution is 0.122. The van der Waals surface area contributed by atoms with Crippen LogP contribution in [0.15, 0.2) is 24.3 Å². The van der Waals surface area contributed by atoms with Gasteiger partial charge in [0.25, 0.3) is 0 Å². The van der Waals surface area contributed by atoms with Gasteiger partial charge in [-0.3, -0.25) is 0 Å². The van der Waals surface area contributed by atoms with Crippen LogP contribution in [0.5, 0.6) is 0 Å². The molecule has 1 saturated heterocycles. The third kappa shape index (κ3) is 3.08. The van der Waals surface area contributed by atoms with E-state index in [4.69, 9.17) is 4.74 Å². The largest absolute Gasteiger partial charge is 0.394 e. The van der Waals surface area contributed by atoms with Crippen molar-refractivity contribution in [3.05, 3.63) is 29.8 Å². The van der Waals surface area contributed by atoms with Crippen LogP contribution in [-0.2, 0) is 11.3 Å². The lowest BCUT2D eigenvalue weighted by atomic mass is 10.1. The molecule has 2 N–H and O–H groups in total. The molecule has 0 spiro atoms. The van der Waals surface area contributed by atoms with E-state index in [1.165, 1.54) is 11.3 Å². The summed E-state index contributed by atoms with van der Waals surface area (Å²) in [5.74, 6) is 0. The molecular weight excluding hydrogens is 240 g/mol. The summed E-state index contributed by atoms with van der Waals surface area (Å²) in [6.07, 6.45) is 2.19. The molecule has 0 amide bonds. The molecule has 2 fully saturated rings. The van der Waals surface area contributed by atoms with E-state index in [0.717, 1.165) is 45.7 Å². The van der Waals surface area contributed by atoms with Crippen molar-refractivity contribution in [2.24, 2.45) is 0 Å². The predicted molar refractivity (Wildman–Crippen MR) is 75.4 cm³/mol. The fraction of sp³-hybridized carbons (Fsp3) is 0.600. The van der Waals surface area contributed by atoms with E-state index in [1.807, 2.05) is 0 Å². The molecule has 0 aromatic heterocycles. The lowest BCUT2D eigenvalue weighted by Crippen LogP contribution is -2.36. The third-order valence-corrected chi connectivity index (χ3v) is 4.14. The monoisotopic (exact) mass is 262 g/mol. The summed E-state index contributed by atoms with van der Waals surface area (Å²) in [4.78, 5) is 2.36. The maximum Gasteiger partial charge on any atom is 0.0642 e. The fourth-order valence-electron chi connectivity index (χ4n) is 2.48. The average molecular weight is 262 g/mol. The van der Waals surface area contributed by atoms with Crippen LogP contribution in [0.25, 0.3) is 0 Å². The molecule has 0 unspecified atom stereocenters. The zero-order valence-corrected chi connectivity index (χ0v) is 11.3. The Morgan fingerprint density at radius 1 is 1.16 bits per heavy atom. The Hall–Kier alpha value is -1.10. The van der Waals surface area contributed by atoms with Crippen molar-refractivity contribution < 1.29 is 9.84 Å². The molecule has 0 atom stereocenters. The van der Waals surface area contributed by atoms with Gasteiger partial charge in [0.15, 0.2) is 0 Å². The van der Waals surface area contributed by atoms with Gasteiger partial charge in [0.2, 0.25) is 0 Å². The number of ether oxygens (including phenoxy) is 1. The first-order chi connectivity index (χ1) is 9.31. The Kier molecular flexibility index (Phi) is 3.73. The number of aliphatic hydroxyl groups excluding tert-OH is 1. The van der Waals surface area contributed by atoms with Crippen molar-refractivity contribution >= 4 is 5.69 Å². The number of morpholine rings is 1. The lowest BCUT2D eigenvalue weighted by Gasteiger charge is -2.29. The highest BCUT2D eigenvalue weighted by atomic mass is 16.5. The second-order valence-electron chi connectivity index (χ2n) is 5.56. The number of nitrogens with one attached hydrogen (secondary N) is 1. The van der Waals surface area contributed by atoms with E-state index in [2.05, 4.69) is 34.5 Å². The highest BCUT2D eigenvalue weighted by Gasteiger charge is 2.41. The average Bonchev–Trinajstić information content (AvgIpc) is 3.27. The number of nitrogens with zero attached hydrogens (tertiary/aromatic N) is 1. The van der Waals surface area contributed by atoms with Crippen molar-refractivity contribution in [1.82, 2.24) is 5.32 Å². The van der Waals surface area contributed by atoms with E-state index in [1.54, 1.807) is 0 Å². The minimum Gasteiger partial charge on any atom is -0.394 e. The summed E-state index contributed by atoms with van der Waals surface area (Å²) in [6, 6.07) is 8.71. The molecule has 2 aliphatic rings. The van der Waals surface area contributed by atoms with Gasteiger partial charge in [-0.25, -0.2) is 0 Å². The molecular formula is C15H22N2O2. The van der Waals surface area contributed by atoms with Crippen LogP contribution in [0.4, 0.5) is 5.69 Å². The minimum absolute atomic E-state index is 0.0167. The quantitative estimate of drug-likeness (QED) is 0.835. The Balaban J connectivity index is 1.56. The van der Waals surface area contributed by atoms with Gasteiger partial charge in [0, 0.05) is 30.9 Å². The summed E-state index contributed by atoms with van der Waals surface area (Å²) < 4.78 is 5.36. The smallest absolute Gasteiger partial charge is 0.0642 e. The third-order valence-electron chi connectivity index (χ3n) is 4.14. The standard InChI is InChI=1S/C15H22N2O2/c18-12-15(5-6-15)16-11-13-1-3-14(4-2-13)17-7-9-19-10-8-17/h1-4,16,18H,5-12H2. The Morgan fingerprint density at radius 3 is 2.42 bits per heavy atom. The van der Waals surface area contributed by atoms with Crippen molar-refractivity contribution in [2.45, 2.75) is 24.9 Å². The van der Waals surface area contributed by atoms with Crippen LogP contribution in [0, 0.1) is 0 Å². The van der Waals surface area contributed by atoms with Crippen LogP contribution < -0.4 is 10.2 Å². The van der Waals surface area contributed by atoms with E-state index < -0.39 is 0 Å². The highest BCUT2D eigenvalue weighted by molar-refractivity contribution is 5.47.